The van der Waals surface area contributed by atoms with E-state index in [1.54, 1.807) is 18.3 Å². The lowest BCUT2D eigenvalue weighted by molar-refractivity contribution is 0.0534. The number of ether oxygens (including phenoxy) is 1. The predicted octanol–water partition coefficient (Wildman–Crippen LogP) is 4.65. The van der Waals surface area contributed by atoms with Gasteiger partial charge in [-0.1, -0.05) is 23.7 Å². The third-order valence-corrected chi connectivity index (χ3v) is 4.78. The lowest BCUT2D eigenvalue weighted by atomic mass is 9.95. The van der Waals surface area contributed by atoms with Gasteiger partial charge in [-0.05, 0) is 38.5 Å². The lowest BCUT2D eigenvalue weighted by Gasteiger charge is -2.22. The zero-order chi connectivity index (χ0) is 18.6. The number of halogens is 1. The maximum atomic E-state index is 12.4. The van der Waals surface area contributed by atoms with E-state index in [0.717, 1.165) is 5.56 Å². The smallest absolute Gasteiger partial charge is 0.341 e. The fraction of sp³-hybridized carbons (Fsp3) is 0.250. The number of pyridine rings is 1. The zero-order valence-corrected chi connectivity index (χ0v) is 15.4. The monoisotopic (exact) mass is 365 g/mol. The van der Waals surface area contributed by atoms with Crippen LogP contribution in [0, 0.1) is 11.3 Å². The first-order valence-corrected chi connectivity index (χ1v) is 8.60. The maximum absolute atomic E-state index is 12.4. The third kappa shape index (κ3) is 2.38. The Balaban J connectivity index is 2.19. The van der Waals surface area contributed by atoms with Crippen molar-refractivity contribution in [2.75, 3.05) is 0 Å². The number of rotatable bonds is 1. The Kier molecular flexibility index (Phi) is 3.57. The van der Waals surface area contributed by atoms with Crippen molar-refractivity contribution in [3.05, 3.63) is 52.3 Å². The molecule has 0 fully saturated rings. The van der Waals surface area contributed by atoms with Gasteiger partial charge in [-0.25, -0.2) is 9.78 Å². The summed E-state index contributed by atoms with van der Waals surface area (Å²) >= 11 is 6.03. The summed E-state index contributed by atoms with van der Waals surface area (Å²) < 4.78 is 7.20. The van der Waals surface area contributed by atoms with Crippen LogP contribution in [0.5, 0.6) is 0 Å². The van der Waals surface area contributed by atoms with Crippen molar-refractivity contribution >= 4 is 28.6 Å². The summed E-state index contributed by atoms with van der Waals surface area (Å²) in [7, 11) is 0. The SMILES string of the molecule is CC(C)(C)n1cc(C#N)c2c(-c3ccc(Cl)cc3)c3c(nc21)COC3=O. The minimum absolute atomic E-state index is 0.141. The number of nitrogens with zero attached hydrogens (tertiary/aromatic N) is 3. The molecule has 0 spiro atoms. The molecular formula is C20H16ClN3O2. The number of fused-ring (bicyclic) bond motifs is 2. The Morgan fingerprint density at radius 3 is 2.54 bits per heavy atom. The Bertz CT molecular complexity index is 1100. The largest absolute Gasteiger partial charge is 0.455 e. The molecule has 5 nitrogen and oxygen atoms in total. The second-order valence-corrected chi connectivity index (χ2v) is 7.72. The zero-order valence-electron chi connectivity index (χ0n) is 14.6. The number of carbonyl (C=O) groups is 1. The summed E-state index contributed by atoms with van der Waals surface area (Å²) in [6.07, 6.45) is 1.80. The van der Waals surface area contributed by atoms with Crippen LogP contribution in [0.3, 0.4) is 0 Å². The molecule has 0 N–H and O–H groups in total. The summed E-state index contributed by atoms with van der Waals surface area (Å²) in [6, 6.07) is 9.48. The summed E-state index contributed by atoms with van der Waals surface area (Å²) in [4.78, 5) is 17.1. The van der Waals surface area contributed by atoms with Crippen LogP contribution in [0.4, 0.5) is 0 Å². The summed E-state index contributed by atoms with van der Waals surface area (Å²) in [5.74, 6) is -0.410. The van der Waals surface area contributed by atoms with Crippen LogP contribution in [0.1, 0.15) is 42.4 Å². The van der Waals surface area contributed by atoms with Gasteiger partial charge >= 0.3 is 5.97 Å². The highest BCUT2D eigenvalue weighted by Crippen LogP contribution is 2.40. The van der Waals surface area contributed by atoms with Crippen LogP contribution in [0.2, 0.25) is 5.02 Å². The number of hydrogen-bond acceptors (Lipinski definition) is 4. The molecule has 6 heteroatoms. The van der Waals surface area contributed by atoms with Crippen LogP contribution in [0.25, 0.3) is 22.2 Å². The van der Waals surface area contributed by atoms with E-state index in [1.807, 2.05) is 37.5 Å². The van der Waals surface area contributed by atoms with Crippen molar-refractivity contribution in [1.82, 2.24) is 9.55 Å². The number of hydrogen-bond donors (Lipinski definition) is 0. The molecule has 26 heavy (non-hydrogen) atoms. The van der Waals surface area contributed by atoms with E-state index >= 15 is 0 Å². The van der Waals surface area contributed by atoms with Crippen molar-refractivity contribution in [1.29, 1.82) is 5.26 Å². The molecule has 1 aliphatic rings. The highest BCUT2D eigenvalue weighted by atomic mass is 35.5. The van der Waals surface area contributed by atoms with Crippen LogP contribution < -0.4 is 0 Å². The first-order chi connectivity index (χ1) is 12.3. The van der Waals surface area contributed by atoms with E-state index in [1.165, 1.54) is 0 Å². The maximum Gasteiger partial charge on any atom is 0.341 e. The average molecular weight is 366 g/mol. The van der Waals surface area contributed by atoms with Gasteiger partial charge in [0.1, 0.15) is 18.3 Å². The van der Waals surface area contributed by atoms with Gasteiger partial charge in [0, 0.05) is 27.7 Å². The molecular weight excluding hydrogens is 350 g/mol. The molecule has 3 aromatic rings. The molecule has 2 aromatic heterocycles. The molecule has 0 bridgehead atoms. The molecule has 0 atom stereocenters. The van der Waals surface area contributed by atoms with E-state index in [2.05, 4.69) is 11.1 Å². The number of benzene rings is 1. The quantitative estimate of drug-likeness (QED) is 0.588. The van der Waals surface area contributed by atoms with Crippen molar-refractivity contribution in [3.8, 4) is 17.2 Å². The fourth-order valence-corrected chi connectivity index (χ4v) is 3.46. The second kappa shape index (κ2) is 5.58. The summed E-state index contributed by atoms with van der Waals surface area (Å²) in [6.45, 7) is 6.28. The second-order valence-electron chi connectivity index (χ2n) is 7.29. The Morgan fingerprint density at radius 1 is 1.23 bits per heavy atom. The van der Waals surface area contributed by atoms with E-state index in [-0.39, 0.29) is 12.1 Å². The standard InChI is InChI=1S/C20H16ClN3O2/c1-20(2,3)24-9-12(8-22)16-15(11-4-6-13(21)7-5-11)17-14(23-18(16)24)10-26-19(17)25/h4-7,9H,10H2,1-3H3. The molecule has 1 aromatic carbocycles. The molecule has 0 amide bonds. The highest BCUT2D eigenvalue weighted by Gasteiger charge is 2.32. The highest BCUT2D eigenvalue weighted by molar-refractivity contribution is 6.30. The first-order valence-electron chi connectivity index (χ1n) is 8.23. The van der Waals surface area contributed by atoms with E-state index in [4.69, 9.17) is 16.3 Å². The summed E-state index contributed by atoms with van der Waals surface area (Å²) in [5, 5.41) is 11.0. The Hall–Kier alpha value is -2.84. The fourth-order valence-electron chi connectivity index (χ4n) is 3.34. The van der Waals surface area contributed by atoms with Crippen LogP contribution in [0.15, 0.2) is 30.5 Å². The molecule has 130 valence electrons. The van der Waals surface area contributed by atoms with Crippen molar-refractivity contribution in [2.45, 2.75) is 32.9 Å². The van der Waals surface area contributed by atoms with Gasteiger partial charge in [0.25, 0.3) is 0 Å². The molecule has 4 rings (SSSR count). The number of aromatic nitrogens is 2. The lowest BCUT2D eigenvalue weighted by Crippen LogP contribution is -2.21. The van der Waals surface area contributed by atoms with Crippen molar-refractivity contribution in [2.24, 2.45) is 0 Å². The summed E-state index contributed by atoms with van der Waals surface area (Å²) in [5.41, 5.74) is 3.41. The normalized spacial score (nSPS) is 13.6. The Labute approximate surface area is 155 Å². The van der Waals surface area contributed by atoms with Gasteiger partial charge in [0.15, 0.2) is 0 Å². The van der Waals surface area contributed by atoms with Gasteiger partial charge in [0.05, 0.1) is 16.8 Å². The van der Waals surface area contributed by atoms with E-state index in [9.17, 15) is 10.1 Å². The van der Waals surface area contributed by atoms with Gasteiger partial charge in [-0.3, -0.25) is 0 Å². The predicted molar refractivity (Wildman–Crippen MR) is 99.0 cm³/mol. The van der Waals surface area contributed by atoms with Crippen LogP contribution in [-0.2, 0) is 16.9 Å². The number of esters is 1. The topological polar surface area (TPSA) is 67.9 Å². The average Bonchev–Trinajstić information content (AvgIpc) is 3.15. The molecule has 0 radical (unpaired) electrons. The minimum atomic E-state index is -0.410. The first kappa shape index (κ1) is 16.6. The van der Waals surface area contributed by atoms with E-state index in [0.29, 0.717) is 38.4 Å². The molecule has 3 heterocycles. The minimum Gasteiger partial charge on any atom is -0.455 e. The molecule has 0 saturated carbocycles. The number of carbonyl (C=O) groups excluding carboxylic acids is 1. The molecule has 0 saturated heterocycles. The Morgan fingerprint density at radius 2 is 1.92 bits per heavy atom. The van der Waals surface area contributed by atoms with Crippen molar-refractivity contribution < 1.29 is 9.53 Å². The van der Waals surface area contributed by atoms with Crippen LogP contribution in [-0.4, -0.2) is 15.5 Å². The number of nitriles is 1. The molecule has 0 aliphatic carbocycles. The third-order valence-electron chi connectivity index (χ3n) is 4.53. The van der Waals surface area contributed by atoms with Gasteiger partial charge in [-0.15, -0.1) is 0 Å². The van der Waals surface area contributed by atoms with E-state index < -0.39 is 5.97 Å². The van der Waals surface area contributed by atoms with Gasteiger partial charge in [-0.2, -0.15) is 5.26 Å². The van der Waals surface area contributed by atoms with Gasteiger partial charge in [0.2, 0.25) is 0 Å². The molecule has 0 unspecified atom stereocenters. The van der Waals surface area contributed by atoms with Crippen LogP contribution >= 0.6 is 11.6 Å². The number of cyclic esters (lactones) is 1. The van der Waals surface area contributed by atoms with Gasteiger partial charge < -0.3 is 9.30 Å². The molecule has 1 aliphatic heterocycles. The van der Waals surface area contributed by atoms with Crippen molar-refractivity contribution in [3.63, 3.8) is 0 Å².